The first-order valence-corrected chi connectivity index (χ1v) is 5.85. The van der Waals surface area contributed by atoms with Gasteiger partial charge >= 0.3 is 0 Å². The normalized spacial score (nSPS) is 10.7. The Labute approximate surface area is 106 Å². The van der Waals surface area contributed by atoms with Gasteiger partial charge in [-0.15, -0.1) is 0 Å². The average molecular weight is 244 g/mol. The lowest BCUT2D eigenvalue weighted by molar-refractivity contribution is 0.102. The van der Waals surface area contributed by atoms with Gasteiger partial charge in [-0.25, -0.2) is 0 Å². The predicted molar refractivity (Wildman–Crippen MR) is 69.6 cm³/mol. The van der Waals surface area contributed by atoms with Crippen molar-refractivity contribution in [2.45, 2.75) is 26.7 Å². The largest absolute Gasteiger partial charge is 0.305 e. The van der Waals surface area contributed by atoms with Gasteiger partial charge in [0.1, 0.15) is 0 Å². The summed E-state index contributed by atoms with van der Waals surface area (Å²) in [5, 5.41) is 9.67. The van der Waals surface area contributed by atoms with Crippen LogP contribution in [0.5, 0.6) is 0 Å². The van der Waals surface area contributed by atoms with Crippen molar-refractivity contribution in [2.75, 3.05) is 5.32 Å². The van der Waals surface area contributed by atoms with Crippen LogP contribution in [0, 0.1) is 6.92 Å². The molecule has 5 nitrogen and oxygen atoms in total. The van der Waals surface area contributed by atoms with Gasteiger partial charge in [-0.05, 0) is 25.0 Å². The highest BCUT2D eigenvalue weighted by atomic mass is 16.1. The molecule has 0 aliphatic rings. The van der Waals surface area contributed by atoms with Crippen molar-refractivity contribution in [1.29, 1.82) is 0 Å². The number of anilines is 1. The Bertz CT molecular complexity index is 542. The van der Waals surface area contributed by atoms with Gasteiger partial charge in [-0.2, -0.15) is 5.10 Å². The van der Waals surface area contributed by atoms with Crippen molar-refractivity contribution in [1.82, 2.24) is 15.2 Å². The molecule has 0 aromatic carbocycles. The minimum Gasteiger partial charge on any atom is -0.305 e. The highest BCUT2D eigenvalue weighted by Crippen LogP contribution is 2.15. The maximum atomic E-state index is 11.9. The number of pyridine rings is 1. The number of aromatic amines is 1. The first kappa shape index (κ1) is 12.3. The number of hydrogen-bond donors (Lipinski definition) is 2. The van der Waals surface area contributed by atoms with E-state index in [1.807, 2.05) is 13.0 Å². The number of nitrogens with one attached hydrogen (secondary N) is 2. The molecule has 94 valence electrons. The number of nitrogens with zero attached hydrogens (tertiary/aromatic N) is 2. The molecule has 0 spiro atoms. The third-order valence-electron chi connectivity index (χ3n) is 2.63. The maximum Gasteiger partial charge on any atom is 0.258 e. The topological polar surface area (TPSA) is 70.7 Å². The van der Waals surface area contributed by atoms with Crippen LogP contribution in [0.2, 0.25) is 0 Å². The molecule has 2 aromatic heterocycles. The van der Waals surface area contributed by atoms with Crippen molar-refractivity contribution in [2.24, 2.45) is 0 Å². The molecule has 2 N–H and O–H groups in total. The summed E-state index contributed by atoms with van der Waals surface area (Å²) in [6.45, 7) is 6.00. The van der Waals surface area contributed by atoms with Crippen LogP contribution in [0.15, 0.2) is 24.4 Å². The molecule has 0 saturated carbocycles. The van der Waals surface area contributed by atoms with Crippen molar-refractivity contribution >= 4 is 11.7 Å². The number of amides is 1. The molecule has 0 aliphatic heterocycles. The van der Waals surface area contributed by atoms with E-state index >= 15 is 0 Å². The summed E-state index contributed by atoms with van der Waals surface area (Å²) >= 11 is 0. The number of H-pyrrole nitrogens is 1. The molecule has 0 atom stereocenters. The summed E-state index contributed by atoms with van der Waals surface area (Å²) in [6, 6.07) is 5.39. The fraction of sp³-hybridized carbons (Fsp3) is 0.308. The van der Waals surface area contributed by atoms with E-state index in [2.05, 4.69) is 34.3 Å². The highest BCUT2D eigenvalue weighted by Gasteiger charge is 2.09. The molecule has 2 aromatic rings. The zero-order valence-electron chi connectivity index (χ0n) is 10.7. The minimum atomic E-state index is -0.204. The second-order valence-corrected chi connectivity index (χ2v) is 4.51. The van der Waals surface area contributed by atoms with E-state index < -0.39 is 0 Å². The Morgan fingerprint density at radius 3 is 2.72 bits per heavy atom. The molecule has 1 amide bonds. The zero-order valence-corrected chi connectivity index (χ0v) is 10.7. The monoisotopic (exact) mass is 244 g/mol. The fourth-order valence-electron chi connectivity index (χ4n) is 1.49. The number of carbonyl (C=O) groups excluding carboxylic acids is 1. The summed E-state index contributed by atoms with van der Waals surface area (Å²) in [5.74, 6) is 0.678. The van der Waals surface area contributed by atoms with E-state index in [1.165, 1.54) is 0 Å². The first-order valence-electron chi connectivity index (χ1n) is 5.85. The van der Waals surface area contributed by atoms with E-state index in [0.717, 1.165) is 11.4 Å². The third-order valence-corrected chi connectivity index (χ3v) is 2.63. The molecule has 0 fully saturated rings. The van der Waals surface area contributed by atoms with Crippen LogP contribution < -0.4 is 5.32 Å². The molecule has 0 unspecified atom stereocenters. The van der Waals surface area contributed by atoms with Crippen LogP contribution in [0.1, 0.15) is 41.5 Å². The van der Waals surface area contributed by atoms with Crippen LogP contribution >= 0.6 is 0 Å². The second-order valence-electron chi connectivity index (χ2n) is 4.51. The van der Waals surface area contributed by atoms with E-state index in [9.17, 15) is 4.79 Å². The van der Waals surface area contributed by atoms with Gasteiger partial charge in [0.25, 0.3) is 5.91 Å². The van der Waals surface area contributed by atoms with E-state index in [4.69, 9.17) is 0 Å². The predicted octanol–water partition coefficient (Wildman–Crippen LogP) is 2.49. The summed E-state index contributed by atoms with van der Waals surface area (Å²) < 4.78 is 0. The fourth-order valence-corrected chi connectivity index (χ4v) is 1.49. The second kappa shape index (κ2) is 5.00. The average Bonchev–Trinajstić information content (AvgIpc) is 2.78. The molecule has 2 rings (SSSR count). The number of aromatic nitrogens is 3. The van der Waals surface area contributed by atoms with Crippen LogP contribution in [-0.2, 0) is 0 Å². The van der Waals surface area contributed by atoms with Crippen molar-refractivity contribution < 1.29 is 4.79 Å². The molecule has 0 saturated heterocycles. The van der Waals surface area contributed by atoms with E-state index in [-0.39, 0.29) is 5.91 Å². The smallest absolute Gasteiger partial charge is 0.258 e. The quantitative estimate of drug-likeness (QED) is 0.871. The minimum absolute atomic E-state index is 0.204. The van der Waals surface area contributed by atoms with Gasteiger partial charge in [0.05, 0.1) is 5.56 Å². The Kier molecular flexibility index (Phi) is 3.41. The molecule has 5 heteroatoms. The van der Waals surface area contributed by atoms with Gasteiger partial charge in [0.15, 0.2) is 5.82 Å². The number of hydrogen-bond acceptors (Lipinski definition) is 3. The zero-order chi connectivity index (χ0) is 13.1. The number of rotatable bonds is 3. The third kappa shape index (κ3) is 2.74. The van der Waals surface area contributed by atoms with Crippen LogP contribution in [0.3, 0.4) is 0 Å². The van der Waals surface area contributed by atoms with Gasteiger partial charge in [-0.1, -0.05) is 13.8 Å². The lowest BCUT2D eigenvalue weighted by Gasteiger charge is -2.01. The summed E-state index contributed by atoms with van der Waals surface area (Å²) in [6.07, 6.45) is 1.56. The summed E-state index contributed by atoms with van der Waals surface area (Å²) in [7, 11) is 0. The highest BCUT2D eigenvalue weighted by molar-refractivity contribution is 6.03. The van der Waals surface area contributed by atoms with Gasteiger partial charge in [0.2, 0.25) is 0 Å². The summed E-state index contributed by atoms with van der Waals surface area (Å²) in [5.41, 5.74) is 2.40. The standard InChI is InChI=1S/C13H16N4O/c1-8(2)11-6-12(17-16-11)15-13(18)10-5-4-9(3)14-7-10/h4-8H,1-3H3,(H2,15,16,17,18). The molecule has 2 heterocycles. The van der Waals surface area contributed by atoms with Gasteiger partial charge in [0, 0.05) is 23.7 Å². The Morgan fingerprint density at radius 1 is 1.39 bits per heavy atom. The van der Waals surface area contributed by atoms with Crippen LogP contribution in [0.25, 0.3) is 0 Å². The Hall–Kier alpha value is -2.17. The number of carbonyl (C=O) groups is 1. The maximum absolute atomic E-state index is 11.9. The van der Waals surface area contributed by atoms with E-state index in [0.29, 0.717) is 17.3 Å². The lowest BCUT2D eigenvalue weighted by Crippen LogP contribution is -2.12. The van der Waals surface area contributed by atoms with E-state index in [1.54, 1.807) is 18.3 Å². The Balaban J connectivity index is 2.08. The SMILES string of the molecule is Cc1ccc(C(=O)Nc2cc(C(C)C)[nH]n2)cn1. The molecule has 0 radical (unpaired) electrons. The van der Waals surface area contributed by atoms with Crippen molar-refractivity contribution in [3.63, 3.8) is 0 Å². The molecule has 0 aliphatic carbocycles. The van der Waals surface area contributed by atoms with Crippen LogP contribution in [0.4, 0.5) is 5.82 Å². The van der Waals surface area contributed by atoms with Crippen LogP contribution in [-0.4, -0.2) is 21.1 Å². The molecular weight excluding hydrogens is 228 g/mol. The van der Waals surface area contributed by atoms with Crippen molar-refractivity contribution in [3.05, 3.63) is 41.3 Å². The molecule has 18 heavy (non-hydrogen) atoms. The van der Waals surface area contributed by atoms with Gasteiger partial charge in [-0.3, -0.25) is 14.9 Å². The molecule has 0 bridgehead atoms. The first-order chi connectivity index (χ1) is 8.56. The number of aryl methyl sites for hydroxylation is 1. The van der Waals surface area contributed by atoms with Gasteiger partial charge < -0.3 is 5.32 Å². The molecular formula is C13H16N4O. The Morgan fingerprint density at radius 2 is 2.17 bits per heavy atom. The summed E-state index contributed by atoms with van der Waals surface area (Å²) in [4.78, 5) is 16.0. The lowest BCUT2D eigenvalue weighted by atomic mass is 10.1. The van der Waals surface area contributed by atoms with Crippen molar-refractivity contribution in [3.8, 4) is 0 Å².